The number of hydrogen-bond acceptors (Lipinski definition) is 3. The van der Waals surface area contributed by atoms with Crippen LogP contribution in [0.2, 0.25) is 0 Å². The van der Waals surface area contributed by atoms with Crippen molar-refractivity contribution in [1.82, 2.24) is 10.2 Å². The first-order valence-corrected chi connectivity index (χ1v) is 7.62. The second-order valence-electron chi connectivity index (χ2n) is 6.61. The molecule has 0 aliphatic carbocycles. The van der Waals surface area contributed by atoms with Crippen molar-refractivity contribution in [2.24, 2.45) is 0 Å². The molecule has 1 heterocycles. The van der Waals surface area contributed by atoms with E-state index in [2.05, 4.69) is 17.4 Å². The topological polar surface area (TPSA) is 41.6 Å². The monoisotopic (exact) mass is 290 g/mol. The quantitative estimate of drug-likeness (QED) is 0.908. The lowest BCUT2D eigenvalue weighted by atomic mass is 9.92. The zero-order valence-corrected chi connectivity index (χ0v) is 13.4. The molecule has 1 aromatic carbocycles. The van der Waals surface area contributed by atoms with Crippen LogP contribution in [0.15, 0.2) is 30.3 Å². The summed E-state index contributed by atoms with van der Waals surface area (Å²) in [5.74, 6) is 0. The summed E-state index contributed by atoms with van der Waals surface area (Å²) in [6.07, 6.45) is 1.66. The summed E-state index contributed by atoms with van der Waals surface area (Å²) < 4.78 is 5.56. The van der Waals surface area contributed by atoms with Crippen LogP contribution in [0.1, 0.15) is 45.2 Å². The van der Waals surface area contributed by atoms with E-state index in [4.69, 9.17) is 4.74 Å². The Morgan fingerprint density at radius 1 is 1.29 bits per heavy atom. The van der Waals surface area contributed by atoms with Crippen molar-refractivity contribution in [2.75, 3.05) is 13.6 Å². The number of carbonyl (C=O) groups is 1. The number of benzene rings is 1. The van der Waals surface area contributed by atoms with Gasteiger partial charge in [-0.3, -0.25) is 0 Å². The maximum Gasteiger partial charge on any atom is 0.410 e. The molecule has 0 aromatic heterocycles. The van der Waals surface area contributed by atoms with Crippen LogP contribution in [0.25, 0.3) is 0 Å². The first-order valence-electron chi connectivity index (χ1n) is 7.62. The highest BCUT2D eigenvalue weighted by molar-refractivity contribution is 5.69. The van der Waals surface area contributed by atoms with Gasteiger partial charge in [0.05, 0.1) is 6.04 Å². The maximum absolute atomic E-state index is 12.5. The maximum atomic E-state index is 12.5. The molecule has 0 bridgehead atoms. The zero-order chi connectivity index (χ0) is 15.5. The third-order valence-corrected chi connectivity index (χ3v) is 3.82. The summed E-state index contributed by atoms with van der Waals surface area (Å²) in [6.45, 7) is 6.44. The highest BCUT2D eigenvalue weighted by Gasteiger charge is 2.34. The molecule has 1 aromatic rings. The van der Waals surface area contributed by atoms with E-state index < -0.39 is 5.60 Å². The molecule has 0 radical (unpaired) electrons. The third-order valence-electron chi connectivity index (χ3n) is 3.82. The highest BCUT2D eigenvalue weighted by Crippen LogP contribution is 2.32. The van der Waals surface area contributed by atoms with Crippen LogP contribution >= 0.6 is 0 Å². The van der Waals surface area contributed by atoms with Crippen molar-refractivity contribution in [2.45, 2.75) is 51.3 Å². The molecule has 21 heavy (non-hydrogen) atoms. The van der Waals surface area contributed by atoms with Gasteiger partial charge < -0.3 is 15.0 Å². The zero-order valence-electron chi connectivity index (χ0n) is 13.4. The van der Waals surface area contributed by atoms with Gasteiger partial charge in [-0.1, -0.05) is 30.3 Å². The van der Waals surface area contributed by atoms with Gasteiger partial charge in [-0.15, -0.1) is 0 Å². The lowest BCUT2D eigenvalue weighted by Crippen LogP contribution is -2.47. The van der Waals surface area contributed by atoms with E-state index in [0.717, 1.165) is 19.4 Å². The predicted octanol–water partition coefficient (Wildman–Crippen LogP) is 3.35. The average molecular weight is 290 g/mol. The van der Waals surface area contributed by atoms with Gasteiger partial charge in [0.15, 0.2) is 0 Å². The van der Waals surface area contributed by atoms with E-state index in [9.17, 15) is 4.79 Å². The molecule has 4 nitrogen and oxygen atoms in total. The second-order valence-corrected chi connectivity index (χ2v) is 6.61. The largest absolute Gasteiger partial charge is 0.444 e. The Labute approximate surface area is 127 Å². The van der Waals surface area contributed by atoms with Crippen LogP contribution in [0.3, 0.4) is 0 Å². The van der Waals surface area contributed by atoms with Crippen molar-refractivity contribution in [3.05, 3.63) is 35.9 Å². The minimum atomic E-state index is -0.460. The first-order chi connectivity index (χ1) is 9.90. The molecule has 1 aliphatic heterocycles. The lowest BCUT2D eigenvalue weighted by molar-refractivity contribution is 0.00687. The fourth-order valence-electron chi connectivity index (χ4n) is 2.76. The van der Waals surface area contributed by atoms with Crippen molar-refractivity contribution in [3.63, 3.8) is 0 Å². The van der Waals surface area contributed by atoms with E-state index in [1.54, 1.807) is 0 Å². The molecule has 4 heteroatoms. The van der Waals surface area contributed by atoms with Crippen molar-refractivity contribution < 1.29 is 9.53 Å². The highest BCUT2D eigenvalue weighted by atomic mass is 16.6. The fraction of sp³-hybridized carbons (Fsp3) is 0.588. The summed E-state index contributed by atoms with van der Waals surface area (Å²) in [5, 5.41) is 3.33. The number of amides is 1. The molecular formula is C17H26N2O2. The van der Waals surface area contributed by atoms with Crippen LogP contribution in [0.5, 0.6) is 0 Å². The van der Waals surface area contributed by atoms with Crippen LogP contribution in [0.4, 0.5) is 4.79 Å². The van der Waals surface area contributed by atoms with Gasteiger partial charge in [0, 0.05) is 12.6 Å². The van der Waals surface area contributed by atoms with Crippen molar-refractivity contribution in [3.8, 4) is 0 Å². The van der Waals surface area contributed by atoms with E-state index in [-0.39, 0.29) is 12.1 Å². The molecule has 2 unspecified atom stereocenters. The SMILES string of the molecule is CNC1CCN(C(=O)OC(C)(C)C)C(c2ccccc2)C1. The molecule has 1 fully saturated rings. The van der Waals surface area contributed by atoms with Gasteiger partial charge in [0.1, 0.15) is 5.60 Å². The smallest absolute Gasteiger partial charge is 0.410 e. The van der Waals surface area contributed by atoms with E-state index >= 15 is 0 Å². The minimum Gasteiger partial charge on any atom is -0.444 e. The summed E-state index contributed by atoms with van der Waals surface area (Å²) >= 11 is 0. The van der Waals surface area contributed by atoms with Crippen molar-refractivity contribution in [1.29, 1.82) is 0 Å². The van der Waals surface area contributed by atoms with Crippen LogP contribution < -0.4 is 5.32 Å². The van der Waals surface area contributed by atoms with E-state index in [0.29, 0.717) is 6.04 Å². The lowest BCUT2D eigenvalue weighted by Gasteiger charge is -2.40. The van der Waals surface area contributed by atoms with Gasteiger partial charge in [0.2, 0.25) is 0 Å². The van der Waals surface area contributed by atoms with Crippen LogP contribution in [-0.4, -0.2) is 36.2 Å². The van der Waals surface area contributed by atoms with Crippen molar-refractivity contribution >= 4 is 6.09 Å². The Morgan fingerprint density at radius 3 is 2.52 bits per heavy atom. The number of ether oxygens (including phenoxy) is 1. The van der Waals surface area contributed by atoms with E-state index in [1.807, 2.05) is 50.9 Å². The molecule has 0 saturated carbocycles. The van der Waals surface area contributed by atoms with Crippen LogP contribution in [-0.2, 0) is 4.74 Å². The van der Waals surface area contributed by atoms with Gasteiger partial charge >= 0.3 is 6.09 Å². The standard InChI is InChI=1S/C17H26N2O2/c1-17(2,3)21-16(20)19-11-10-14(18-4)12-15(19)13-8-6-5-7-9-13/h5-9,14-15,18H,10-12H2,1-4H3. The number of piperidine rings is 1. The van der Waals surface area contributed by atoms with Gasteiger partial charge in [-0.2, -0.15) is 0 Å². The predicted molar refractivity (Wildman–Crippen MR) is 84.2 cm³/mol. The number of carbonyl (C=O) groups excluding carboxylic acids is 1. The van der Waals surface area contributed by atoms with Gasteiger partial charge in [0.25, 0.3) is 0 Å². The Balaban J connectivity index is 2.19. The third kappa shape index (κ3) is 4.21. The Morgan fingerprint density at radius 2 is 1.95 bits per heavy atom. The Bertz CT molecular complexity index is 467. The molecule has 1 aliphatic rings. The molecule has 1 saturated heterocycles. The number of nitrogens with zero attached hydrogens (tertiary/aromatic N) is 1. The van der Waals surface area contributed by atoms with Crippen LogP contribution in [0, 0.1) is 0 Å². The van der Waals surface area contributed by atoms with Gasteiger partial charge in [-0.25, -0.2) is 4.79 Å². The van der Waals surface area contributed by atoms with Gasteiger partial charge in [-0.05, 0) is 46.2 Å². The molecule has 0 spiro atoms. The molecule has 2 atom stereocenters. The summed E-state index contributed by atoms with van der Waals surface area (Å²) in [7, 11) is 1.98. The summed E-state index contributed by atoms with van der Waals surface area (Å²) in [4.78, 5) is 14.3. The number of nitrogens with one attached hydrogen (secondary N) is 1. The molecule has 116 valence electrons. The van der Waals surface area contributed by atoms with E-state index in [1.165, 1.54) is 5.56 Å². The Hall–Kier alpha value is -1.55. The number of rotatable bonds is 2. The summed E-state index contributed by atoms with van der Waals surface area (Å²) in [6, 6.07) is 10.7. The number of likely N-dealkylation sites (tertiary alicyclic amines) is 1. The molecule has 1 N–H and O–H groups in total. The molecule has 1 amide bonds. The molecular weight excluding hydrogens is 264 g/mol. The number of hydrogen-bond donors (Lipinski definition) is 1. The fourth-order valence-corrected chi connectivity index (χ4v) is 2.76. The Kier molecular flexibility index (Phi) is 4.88. The normalized spacial score (nSPS) is 23.0. The summed E-state index contributed by atoms with van der Waals surface area (Å²) in [5.41, 5.74) is 0.710. The molecule has 2 rings (SSSR count). The average Bonchev–Trinajstić information content (AvgIpc) is 2.45. The minimum absolute atomic E-state index is 0.0762. The first kappa shape index (κ1) is 15.8. The second kappa shape index (κ2) is 6.48.